The first-order chi connectivity index (χ1) is 7.00. The first-order valence-corrected chi connectivity index (χ1v) is 4.86. The molecule has 0 aliphatic carbocycles. The predicted molar refractivity (Wildman–Crippen MR) is 58.2 cm³/mol. The van der Waals surface area contributed by atoms with Crippen molar-refractivity contribution in [3.05, 3.63) is 18.2 Å². The summed E-state index contributed by atoms with van der Waals surface area (Å²) in [6.45, 7) is 5.58. The molecular weight excluding hydrogens is 192 g/mol. The fourth-order valence-corrected chi connectivity index (χ4v) is 0.985. The average molecular weight is 208 g/mol. The molecule has 0 aromatic carbocycles. The van der Waals surface area contributed by atoms with Gasteiger partial charge in [0.2, 0.25) is 5.91 Å². The molecule has 1 atom stereocenters. The summed E-state index contributed by atoms with van der Waals surface area (Å²) < 4.78 is 0. The molecule has 0 unspecified atom stereocenters. The molecule has 0 fully saturated rings. The summed E-state index contributed by atoms with van der Waals surface area (Å²) >= 11 is 0. The number of rotatable bonds is 3. The fraction of sp³-hybridized carbons (Fsp3) is 0.500. The summed E-state index contributed by atoms with van der Waals surface area (Å²) in [4.78, 5) is 19.5. The Kier molecular flexibility index (Phi) is 3.74. The van der Waals surface area contributed by atoms with Gasteiger partial charge in [-0.05, 0) is 12.8 Å². The van der Waals surface area contributed by atoms with Crippen LogP contribution in [0.5, 0.6) is 0 Å². The molecule has 15 heavy (non-hydrogen) atoms. The van der Waals surface area contributed by atoms with Gasteiger partial charge in [0, 0.05) is 0 Å². The number of carbonyl (C=O) groups is 1. The number of carbonyl (C=O) groups excluding carboxylic acids is 1. The van der Waals surface area contributed by atoms with Crippen LogP contribution in [0.4, 0.5) is 5.69 Å². The van der Waals surface area contributed by atoms with E-state index in [1.54, 1.807) is 19.3 Å². The quantitative estimate of drug-likeness (QED) is 0.766. The third-order valence-electron chi connectivity index (χ3n) is 2.07. The largest absolute Gasteiger partial charge is 0.322 e. The van der Waals surface area contributed by atoms with Gasteiger partial charge in [0.05, 0.1) is 24.1 Å². The maximum atomic E-state index is 11.5. The van der Waals surface area contributed by atoms with Gasteiger partial charge in [0.1, 0.15) is 5.82 Å². The van der Waals surface area contributed by atoms with Crippen LogP contribution in [0.1, 0.15) is 19.7 Å². The lowest BCUT2D eigenvalue weighted by Gasteiger charge is -2.14. The number of aromatic nitrogens is 2. The molecule has 5 heteroatoms. The second kappa shape index (κ2) is 4.84. The van der Waals surface area contributed by atoms with Crippen molar-refractivity contribution < 1.29 is 4.79 Å². The maximum absolute atomic E-state index is 11.5. The highest BCUT2D eigenvalue weighted by molar-refractivity contribution is 5.94. The molecule has 0 bridgehead atoms. The van der Waals surface area contributed by atoms with Gasteiger partial charge < -0.3 is 11.1 Å². The van der Waals surface area contributed by atoms with Gasteiger partial charge in [-0.1, -0.05) is 13.8 Å². The van der Waals surface area contributed by atoms with Crippen LogP contribution in [0.3, 0.4) is 0 Å². The summed E-state index contributed by atoms with van der Waals surface area (Å²) in [6.07, 6.45) is 3.13. The van der Waals surface area contributed by atoms with E-state index in [0.717, 1.165) is 0 Å². The van der Waals surface area contributed by atoms with Crippen LogP contribution in [-0.2, 0) is 4.79 Å². The second-order valence-corrected chi connectivity index (χ2v) is 3.78. The number of nitrogens with two attached hydrogens (primary N) is 1. The Hall–Kier alpha value is -1.49. The third kappa shape index (κ3) is 3.28. The lowest BCUT2D eigenvalue weighted by Crippen LogP contribution is -2.39. The molecule has 0 saturated carbocycles. The molecule has 0 radical (unpaired) electrons. The lowest BCUT2D eigenvalue weighted by atomic mass is 10.1. The molecule has 1 aromatic heterocycles. The number of nitrogens with one attached hydrogen (secondary N) is 1. The monoisotopic (exact) mass is 208 g/mol. The van der Waals surface area contributed by atoms with Crippen molar-refractivity contribution in [2.24, 2.45) is 11.7 Å². The average Bonchev–Trinajstić information content (AvgIpc) is 2.20. The Morgan fingerprint density at radius 3 is 2.40 bits per heavy atom. The van der Waals surface area contributed by atoms with Crippen LogP contribution in [0, 0.1) is 12.8 Å². The molecule has 5 nitrogen and oxygen atoms in total. The Bertz CT molecular complexity index is 334. The van der Waals surface area contributed by atoms with Gasteiger partial charge in [0.25, 0.3) is 0 Å². The van der Waals surface area contributed by atoms with Crippen LogP contribution in [-0.4, -0.2) is 21.9 Å². The molecule has 0 spiro atoms. The minimum atomic E-state index is -0.508. The molecular formula is C10H16N4O. The normalized spacial score (nSPS) is 12.6. The van der Waals surface area contributed by atoms with Gasteiger partial charge in [0.15, 0.2) is 0 Å². The van der Waals surface area contributed by atoms with E-state index in [-0.39, 0.29) is 11.8 Å². The van der Waals surface area contributed by atoms with Gasteiger partial charge in [-0.25, -0.2) is 9.97 Å². The lowest BCUT2D eigenvalue weighted by molar-refractivity contribution is -0.118. The van der Waals surface area contributed by atoms with Crippen molar-refractivity contribution in [3.8, 4) is 0 Å². The third-order valence-corrected chi connectivity index (χ3v) is 2.07. The van der Waals surface area contributed by atoms with Crippen LogP contribution in [0.25, 0.3) is 0 Å². The summed E-state index contributed by atoms with van der Waals surface area (Å²) in [5, 5.41) is 2.66. The smallest absolute Gasteiger partial charge is 0.241 e. The van der Waals surface area contributed by atoms with E-state index >= 15 is 0 Å². The van der Waals surface area contributed by atoms with Crippen LogP contribution in [0.2, 0.25) is 0 Å². The minimum absolute atomic E-state index is 0.108. The van der Waals surface area contributed by atoms with Crippen molar-refractivity contribution >= 4 is 11.6 Å². The Balaban J connectivity index is 2.62. The van der Waals surface area contributed by atoms with Crippen molar-refractivity contribution in [1.82, 2.24) is 9.97 Å². The summed E-state index contributed by atoms with van der Waals surface area (Å²) in [5.41, 5.74) is 6.26. The standard InChI is InChI=1S/C10H16N4O/c1-6(2)9(11)10(15)14-8-4-12-7(3)13-5-8/h4-6,9H,11H2,1-3H3,(H,14,15)/t9-/m0/s1. The van der Waals surface area contributed by atoms with E-state index in [0.29, 0.717) is 11.5 Å². The Labute approximate surface area is 89.1 Å². The molecule has 0 aliphatic heterocycles. The van der Waals surface area contributed by atoms with E-state index in [1.165, 1.54) is 0 Å². The second-order valence-electron chi connectivity index (χ2n) is 3.78. The molecule has 82 valence electrons. The summed E-state index contributed by atoms with van der Waals surface area (Å²) in [7, 11) is 0. The SMILES string of the molecule is Cc1ncc(NC(=O)[C@@H](N)C(C)C)cn1. The van der Waals surface area contributed by atoms with Crippen LogP contribution >= 0.6 is 0 Å². The van der Waals surface area contributed by atoms with Gasteiger partial charge >= 0.3 is 0 Å². The van der Waals surface area contributed by atoms with Gasteiger partial charge in [-0.15, -0.1) is 0 Å². The highest BCUT2D eigenvalue weighted by Gasteiger charge is 2.17. The van der Waals surface area contributed by atoms with E-state index in [2.05, 4.69) is 15.3 Å². The zero-order valence-electron chi connectivity index (χ0n) is 9.19. The molecule has 1 rings (SSSR count). The fourth-order valence-electron chi connectivity index (χ4n) is 0.985. The zero-order chi connectivity index (χ0) is 11.4. The predicted octanol–water partition coefficient (Wildman–Crippen LogP) is 0.707. The van der Waals surface area contributed by atoms with Crippen molar-refractivity contribution in [1.29, 1.82) is 0 Å². The summed E-state index contributed by atoms with van der Waals surface area (Å²) in [5.74, 6) is 0.565. The molecule has 1 aromatic rings. The number of nitrogens with zero attached hydrogens (tertiary/aromatic N) is 2. The summed E-state index contributed by atoms with van der Waals surface area (Å²) in [6, 6.07) is -0.508. The molecule has 1 amide bonds. The van der Waals surface area contributed by atoms with Crippen LogP contribution in [0.15, 0.2) is 12.4 Å². The van der Waals surface area contributed by atoms with E-state index in [4.69, 9.17) is 5.73 Å². The number of hydrogen-bond donors (Lipinski definition) is 2. The first kappa shape index (κ1) is 11.6. The highest BCUT2D eigenvalue weighted by atomic mass is 16.2. The Morgan fingerprint density at radius 1 is 1.40 bits per heavy atom. The number of anilines is 1. The molecule has 0 aliphatic rings. The van der Waals surface area contributed by atoms with Crippen LogP contribution < -0.4 is 11.1 Å². The van der Waals surface area contributed by atoms with E-state index < -0.39 is 6.04 Å². The number of aryl methyl sites for hydroxylation is 1. The van der Waals surface area contributed by atoms with Gasteiger partial charge in [-0.2, -0.15) is 0 Å². The topological polar surface area (TPSA) is 80.9 Å². The van der Waals surface area contributed by atoms with Crippen molar-refractivity contribution in [2.45, 2.75) is 26.8 Å². The molecule has 1 heterocycles. The maximum Gasteiger partial charge on any atom is 0.241 e. The molecule has 3 N–H and O–H groups in total. The van der Waals surface area contributed by atoms with Crippen molar-refractivity contribution in [3.63, 3.8) is 0 Å². The zero-order valence-corrected chi connectivity index (χ0v) is 9.19. The van der Waals surface area contributed by atoms with Gasteiger partial charge in [-0.3, -0.25) is 4.79 Å². The number of amides is 1. The van der Waals surface area contributed by atoms with Crippen molar-refractivity contribution in [2.75, 3.05) is 5.32 Å². The Morgan fingerprint density at radius 2 is 1.93 bits per heavy atom. The molecule has 0 saturated heterocycles. The van der Waals surface area contributed by atoms with E-state index in [9.17, 15) is 4.79 Å². The van der Waals surface area contributed by atoms with E-state index in [1.807, 2.05) is 13.8 Å². The highest BCUT2D eigenvalue weighted by Crippen LogP contribution is 2.05. The first-order valence-electron chi connectivity index (χ1n) is 4.86. The number of hydrogen-bond acceptors (Lipinski definition) is 4. The minimum Gasteiger partial charge on any atom is -0.322 e.